The van der Waals surface area contributed by atoms with Gasteiger partial charge in [0.05, 0.1) is 25.0 Å². The molecule has 21 heavy (non-hydrogen) atoms. The highest BCUT2D eigenvalue weighted by Gasteiger charge is 2.05. The van der Waals surface area contributed by atoms with Gasteiger partial charge in [0.25, 0.3) is 0 Å². The molecule has 0 fully saturated rings. The predicted octanol–water partition coefficient (Wildman–Crippen LogP) is 1.74. The number of aliphatic hydroxyl groups is 1. The zero-order valence-corrected chi connectivity index (χ0v) is 12.8. The normalized spacial score (nSPS) is 12.5. The molecule has 0 saturated heterocycles. The van der Waals surface area contributed by atoms with Crippen LogP contribution in [0.4, 0.5) is 0 Å². The Morgan fingerprint density at radius 3 is 2.76 bits per heavy atom. The first-order valence-electron chi connectivity index (χ1n) is 6.83. The SMILES string of the molecule is Cn1ccc(CNCC(O)COCc2ccc(Cl)cc2)n1. The maximum Gasteiger partial charge on any atom is 0.0897 e. The highest BCUT2D eigenvalue weighted by molar-refractivity contribution is 6.30. The number of halogens is 1. The van der Waals surface area contributed by atoms with E-state index in [1.165, 1.54) is 0 Å². The van der Waals surface area contributed by atoms with Gasteiger partial charge in [-0.2, -0.15) is 5.10 Å². The topological polar surface area (TPSA) is 59.3 Å². The number of aliphatic hydroxyl groups excluding tert-OH is 1. The van der Waals surface area contributed by atoms with Crippen molar-refractivity contribution < 1.29 is 9.84 Å². The van der Waals surface area contributed by atoms with Gasteiger partial charge in [0.15, 0.2) is 0 Å². The average Bonchev–Trinajstić information content (AvgIpc) is 2.87. The lowest BCUT2D eigenvalue weighted by molar-refractivity contribution is 0.0287. The Bertz CT molecular complexity index is 542. The van der Waals surface area contributed by atoms with Crippen LogP contribution in [0.1, 0.15) is 11.3 Å². The van der Waals surface area contributed by atoms with Gasteiger partial charge in [-0.05, 0) is 23.8 Å². The van der Waals surface area contributed by atoms with Crippen molar-refractivity contribution >= 4 is 11.6 Å². The second kappa shape index (κ2) is 8.14. The third-order valence-corrected chi connectivity index (χ3v) is 3.20. The molecule has 5 nitrogen and oxygen atoms in total. The number of nitrogens with one attached hydrogen (secondary N) is 1. The lowest BCUT2D eigenvalue weighted by Gasteiger charge is -2.12. The fourth-order valence-electron chi connectivity index (χ4n) is 1.88. The zero-order valence-electron chi connectivity index (χ0n) is 12.0. The monoisotopic (exact) mass is 309 g/mol. The van der Waals surface area contributed by atoms with E-state index in [1.807, 2.05) is 43.6 Å². The largest absolute Gasteiger partial charge is 0.389 e. The summed E-state index contributed by atoms with van der Waals surface area (Å²) < 4.78 is 7.23. The number of benzene rings is 1. The van der Waals surface area contributed by atoms with Gasteiger partial charge in [0.2, 0.25) is 0 Å². The van der Waals surface area contributed by atoms with E-state index < -0.39 is 6.10 Å². The summed E-state index contributed by atoms with van der Waals surface area (Å²) in [6.45, 7) is 1.86. The second-order valence-corrected chi connectivity index (χ2v) is 5.34. The molecular formula is C15H20ClN3O2. The lowest BCUT2D eigenvalue weighted by atomic mass is 10.2. The van der Waals surface area contributed by atoms with Crippen molar-refractivity contribution in [2.75, 3.05) is 13.2 Å². The van der Waals surface area contributed by atoms with Gasteiger partial charge in [-0.1, -0.05) is 23.7 Å². The van der Waals surface area contributed by atoms with Crippen molar-refractivity contribution in [1.29, 1.82) is 0 Å². The van der Waals surface area contributed by atoms with Crippen LogP contribution < -0.4 is 5.32 Å². The number of aromatic nitrogens is 2. The molecule has 6 heteroatoms. The standard InChI is InChI=1S/C15H20ClN3O2/c1-19-7-6-14(18-19)8-17-9-15(20)11-21-10-12-2-4-13(16)5-3-12/h2-7,15,17,20H,8-11H2,1H3. The molecule has 0 radical (unpaired) electrons. The van der Waals surface area contributed by atoms with Crippen LogP contribution in [0.25, 0.3) is 0 Å². The average molecular weight is 310 g/mol. The van der Waals surface area contributed by atoms with Crippen LogP contribution in [0.2, 0.25) is 5.02 Å². The summed E-state index contributed by atoms with van der Waals surface area (Å²) in [4.78, 5) is 0. The summed E-state index contributed by atoms with van der Waals surface area (Å²) in [5, 5.41) is 17.9. The molecule has 1 heterocycles. The third kappa shape index (κ3) is 5.85. The van der Waals surface area contributed by atoms with Crippen LogP contribution >= 0.6 is 11.6 Å². The van der Waals surface area contributed by atoms with Crippen molar-refractivity contribution in [3.63, 3.8) is 0 Å². The van der Waals surface area contributed by atoms with E-state index in [4.69, 9.17) is 16.3 Å². The van der Waals surface area contributed by atoms with Gasteiger partial charge in [-0.25, -0.2) is 0 Å². The van der Waals surface area contributed by atoms with Gasteiger partial charge >= 0.3 is 0 Å². The Labute approximate surface area is 129 Å². The maximum absolute atomic E-state index is 9.82. The number of rotatable bonds is 8. The van der Waals surface area contributed by atoms with E-state index in [0.29, 0.717) is 24.7 Å². The fraction of sp³-hybridized carbons (Fsp3) is 0.400. The molecule has 0 aliphatic heterocycles. The van der Waals surface area contributed by atoms with Gasteiger partial charge in [-0.15, -0.1) is 0 Å². The molecule has 1 aromatic heterocycles. The molecule has 0 aliphatic rings. The fourth-order valence-corrected chi connectivity index (χ4v) is 2.00. The minimum Gasteiger partial charge on any atom is -0.389 e. The summed E-state index contributed by atoms with van der Waals surface area (Å²) in [5.74, 6) is 0. The van der Waals surface area contributed by atoms with E-state index in [0.717, 1.165) is 11.3 Å². The molecule has 1 aromatic carbocycles. The first-order chi connectivity index (χ1) is 10.1. The number of hydrogen-bond donors (Lipinski definition) is 2. The zero-order chi connectivity index (χ0) is 15.1. The summed E-state index contributed by atoms with van der Waals surface area (Å²) in [7, 11) is 1.88. The summed E-state index contributed by atoms with van der Waals surface area (Å²) in [6, 6.07) is 9.41. The lowest BCUT2D eigenvalue weighted by Crippen LogP contribution is -2.30. The molecule has 0 bridgehead atoms. The molecule has 1 atom stereocenters. The Balaban J connectivity index is 1.59. The number of aryl methyl sites for hydroxylation is 1. The molecule has 114 valence electrons. The van der Waals surface area contributed by atoms with Gasteiger partial charge < -0.3 is 15.2 Å². The summed E-state index contributed by atoms with van der Waals surface area (Å²) in [6.07, 6.45) is 1.35. The smallest absolute Gasteiger partial charge is 0.0897 e. The summed E-state index contributed by atoms with van der Waals surface area (Å²) in [5.41, 5.74) is 1.99. The molecule has 0 amide bonds. The molecule has 1 unspecified atom stereocenters. The Kier molecular flexibility index (Phi) is 6.20. The van der Waals surface area contributed by atoms with Crippen LogP contribution in [-0.2, 0) is 24.9 Å². The van der Waals surface area contributed by atoms with E-state index >= 15 is 0 Å². The molecule has 0 saturated carbocycles. The first-order valence-corrected chi connectivity index (χ1v) is 7.21. The van der Waals surface area contributed by atoms with Crippen molar-refractivity contribution in [3.8, 4) is 0 Å². The van der Waals surface area contributed by atoms with E-state index in [-0.39, 0.29) is 6.61 Å². The Hall–Kier alpha value is -1.40. The Morgan fingerprint density at radius 2 is 2.10 bits per heavy atom. The second-order valence-electron chi connectivity index (χ2n) is 4.91. The van der Waals surface area contributed by atoms with E-state index in [1.54, 1.807) is 4.68 Å². The molecule has 2 N–H and O–H groups in total. The predicted molar refractivity (Wildman–Crippen MR) is 82.0 cm³/mol. The van der Waals surface area contributed by atoms with Crippen molar-refractivity contribution in [2.45, 2.75) is 19.3 Å². The van der Waals surface area contributed by atoms with Crippen molar-refractivity contribution in [3.05, 3.63) is 52.8 Å². The highest BCUT2D eigenvalue weighted by atomic mass is 35.5. The minimum absolute atomic E-state index is 0.290. The van der Waals surface area contributed by atoms with Crippen LogP contribution in [0, 0.1) is 0 Å². The third-order valence-electron chi connectivity index (χ3n) is 2.95. The molecule has 0 aliphatic carbocycles. The van der Waals surface area contributed by atoms with Gasteiger partial charge in [0, 0.05) is 31.4 Å². The first kappa shape index (κ1) is 16.0. The Morgan fingerprint density at radius 1 is 1.33 bits per heavy atom. The molecule has 2 aromatic rings. The van der Waals surface area contributed by atoms with E-state index in [9.17, 15) is 5.11 Å². The van der Waals surface area contributed by atoms with Crippen molar-refractivity contribution in [2.24, 2.45) is 7.05 Å². The minimum atomic E-state index is -0.541. The van der Waals surface area contributed by atoms with Crippen LogP contribution in [0.3, 0.4) is 0 Å². The van der Waals surface area contributed by atoms with Gasteiger partial charge in [-0.3, -0.25) is 4.68 Å². The van der Waals surface area contributed by atoms with Crippen LogP contribution in [-0.4, -0.2) is 34.1 Å². The molecule has 0 spiro atoms. The van der Waals surface area contributed by atoms with Crippen LogP contribution in [0.5, 0.6) is 0 Å². The number of nitrogens with zero attached hydrogens (tertiary/aromatic N) is 2. The number of ether oxygens (including phenoxy) is 1. The van der Waals surface area contributed by atoms with Crippen LogP contribution in [0.15, 0.2) is 36.5 Å². The quantitative estimate of drug-likeness (QED) is 0.780. The maximum atomic E-state index is 9.82. The van der Waals surface area contributed by atoms with E-state index in [2.05, 4.69) is 10.4 Å². The molecule has 2 rings (SSSR count). The van der Waals surface area contributed by atoms with Gasteiger partial charge in [0.1, 0.15) is 0 Å². The number of hydrogen-bond acceptors (Lipinski definition) is 4. The highest BCUT2D eigenvalue weighted by Crippen LogP contribution is 2.10. The molecular weight excluding hydrogens is 290 g/mol. The summed E-state index contributed by atoms with van der Waals surface area (Å²) >= 11 is 5.81. The van der Waals surface area contributed by atoms with Crippen molar-refractivity contribution in [1.82, 2.24) is 15.1 Å².